The maximum absolute atomic E-state index is 11.7. The SMILES string of the molecule is CN(C)C(=O)CSc1ncnc2c1cnn2-c1ccccc1. The molecule has 0 saturated carbocycles. The van der Waals surface area contributed by atoms with E-state index in [1.807, 2.05) is 30.3 Å². The van der Waals surface area contributed by atoms with Crippen molar-refractivity contribution < 1.29 is 4.79 Å². The maximum Gasteiger partial charge on any atom is 0.232 e. The Balaban J connectivity index is 1.94. The van der Waals surface area contributed by atoms with Crippen LogP contribution in [-0.4, -0.2) is 50.4 Å². The van der Waals surface area contributed by atoms with E-state index in [1.165, 1.54) is 18.1 Å². The third kappa shape index (κ3) is 2.80. The molecule has 1 amide bonds. The number of nitrogens with zero attached hydrogens (tertiary/aromatic N) is 5. The number of para-hydroxylation sites is 1. The predicted octanol–water partition coefficient (Wildman–Crippen LogP) is 2.00. The molecule has 2 aromatic heterocycles. The van der Waals surface area contributed by atoms with Crippen molar-refractivity contribution in [3.63, 3.8) is 0 Å². The minimum absolute atomic E-state index is 0.0483. The molecule has 22 heavy (non-hydrogen) atoms. The highest BCUT2D eigenvalue weighted by Gasteiger charge is 2.13. The van der Waals surface area contributed by atoms with E-state index >= 15 is 0 Å². The summed E-state index contributed by atoms with van der Waals surface area (Å²) in [6.45, 7) is 0. The van der Waals surface area contributed by atoms with Crippen LogP contribution < -0.4 is 0 Å². The Hall–Kier alpha value is -2.41. The third-order valence-electron chi connectivity index (χ3n) is 3.16. The fourth-order valence-electron chi connectivity index (χ4n) is 1.95. The summed E-state index contributed by atoms with van der Waals surface area (Å²) in [5.41, 5.74) is 1.68. The molecule has 6 nitrogen and oxygen atoms in total. The molecule has 3 rings (SSSR count). The van der Waals surface area contributed by atoms with E-state index in [1.54, 1.807) is 29.9 Å². The summed E-state index contributed by atoms with van der Waals surface area (Å²) < 4.78 is 1.77. The first-order chi connectivity index (χ1) is 10.7. The van der Waals surface area contributed by atoms with Crippen LogP contribution >= 0.6 is 11.8 Å². The van der Waals surface area contributed by atoms with Crippen molar-refractivity contribution in [2.45, 2.75) is 5.03 Å². The second kappa shape index (κ2) is 6.15. The summed E-state index contributed by atoms with van der Waals surface area (Å²) in [6, 6.07) is 9.80. The molecule has 1 aromatic carbocycles. The van der Waals surface area contributed by atoms with Gasteiger partial charge in [-0.1, -0.05) is 30.0 Å². The summed E-state index contributed by atoms with van der Waals surface area (Å²) in [7, 11) is 3.48. The largest absolute Gasteiger partial charge is 0.348 e. The van der Waals surface area contributed by atoms with Gasteiger partial charge in [0.05, 0.1) is 23.0 Å². The van der Waals surface area contributed by atoms with Gasteiger partial charge in [0.15, 0.2) is 5.65 Å². The van der Waals surface area contributed by atoms with Crippen LogP contribution in [0.3, 0.4) is 0 Å². The van der Waals surface area contributed by atoms with Crippen LogP contribution in [0.4, 0.5) is 0 Å². The van der Waals surface area contributed by atoms with E-state index in [9.17, 15) is 4.79 Å². The van der Waals surface area contributed by atoms with E-state index in [-0.39, 0.29) is 5.91 Å². The molecule has 0 saturated heterocycles. The molecule has 0 N–H and O–H groups in total. The van der Waals surface area contributed by atoms with Crippen LogP contribution in [0.25, 0.3) is 16.7 Å². The molecule has 0 spiro atoms. The zero-order valence-corrected chi connectivity index (χ0v) is 13.1. The van der Waals surface area contributed by atoms with Crippen LogP contribution in [0.5, 0.6) is 0 Å². The topological polar surface area (TPSA) is 63.9 Å². The lowest BCUT2D eigenvalue weighted by Gasteiger charge is -2.09. The quantitative estimate of drug-likeness (QED) is 0.544. The summed E-state index contributed by atoms with van der Waals surface area (Å²) in [4.78, 5) is 21.9. The van der Waals surface area contributed by atoms with E-state index < -0.39 is 0 Å². The van der Waals surface area contributed by atoms with Crippen LogP contribution in [0.15, 0.2) is 47.9 Å². The molecule has 0 aliphatic carbocycles. The summed E-state index contributed by atoms with van der Waals surface area (Å²) in [5.74, 6) is 0.391. The van der Waals surface area contributed by atoms with Crippen LogP contribution in [0, 0.1) is 0 Å². The van der Waals surface area contributed by atoms with Crippen LogP contribution in [-0.2, 0) is 4.79 Å². The van der Waals surface area contributed by atoms with Crippen LogP contribution in [0.1, 0.15) is 0 Å². The Morgan fingerprint density at radius 1 is 1.23 bits per heavy atom. The number of amides is 1. The van der Waals surface area contributed by atoms with Gasteiger partial charge in [-0.25, -0.2) is 14.6 Å². The highest BCUT2D eigenvalue weighted by atomic mass is 32.2. The van der Waals surface area contributed by atoms with Crippen molar-refractivity contribution in [3.05, 3.63) is 42.9 Å². The standard InChI is InChI=1S/C15H15N5OS/c1-19(2)13(21)9-22-15-12-8-18-20(14(12)16-10-17-15)11-6-4-3-5-7-11/h3-8,10H,9H2,1-2H3. The average molecular weight is 313 g/mol. The predicted molar refractivity (Wildman–Crippen MR) is 86.1 cm³/mol. The molecule has 0 atom stereocenters. The summed E-state index contributed by atoms with van der Waals surface area (Å²) in [5, 5.41) is 6.01. The number of aromatic nitrogens is 4. The van der Waals surface area contributed by atoms with Gasteiger partial charge in [-0.15, -0.1) is 0 Å². The molecule has 2 heterocycles. The Kier molecular flexibility index (Phi) is 4.06. The number of benzene rings is 1. The molecule has 0 fully saturated rings. The lowest BCUT2D eigenvalue weighted by molar-refractivity contribution is -0.125. The van der Waals surface area contributed by atoms with Gasteiger partial charge in [-0.3, -0.25) is 4.79 Å². The number of fused-ring (bicyclic) bond motifs is 1. The van der Waals surface area contributed by atoms with E-state index in [4.69, 9.17) is 0 Å². The molecule has 0 aliphatic rings. The van der Waals surface area contributed by atoms with Crippen molar-refractivity contribution in [1.82, 2.24) is 24.6 Å². The zero-order chi connectivity index (χ0) is 15.5. The van der Waals surface area contributed by atoms with Gasteiger partial charge in [0.1, 0.15) is 11.4 Å². The van der Waals surface area contributed by atoms with E-state index in [0.29, 0.717) is 5.75 Å². The zero-order valence-electron chi connectivity index (χ0n) is 12.3. The summed E-state index contributed by atoms with van der Waals surface area (Å²) in [6.07, 6.45) is 3.25. The van der Waals surface area contributed by atoms with Crippen LogP contribution in [0.2, 0.25) is 0 Å². The van der Waals surface area contributed by atoms with Crippen molar-refractivity contribution in [2.24, 2.45) is 0 Å². The number of thioether (sulfide) groups is 1. The first kappa shape index (κ1) is 14.5. The molecular weight excluding hydrogens is 298 g/mol. The molecule has 7 heteroatoms. The minimum atomic E-state index is 0.0483. The van der Waals surface area contributed by atoms with Gasteiger partial charge in [-0.05, 0) is 12.1 Å². The van der Waals surface area contributed by atoms with Gasteiger partial charge in [0, 0.05) is 14.1 Å². The molecule has 0 aliphatic heterocycles. The highest BCUT2D eigenvalue weighted by molar-refractivity contribution is 8.00. The Morgan fingerprint density at radius 2 is 2.00 bits per heavy atom. The van der Waals surface area contributed by atoms with Gasteiger partial charge in [0.25, 0.3) is 0 Å². The van der Waals surface area contributed by atoms with Crippen molar-refractivity contribution in [1.29, 1.82) is 0 Å². The number of carbonyl (C=O) groups is 1. The van der Waals surface area contributed by atoms with E-state index in [2.05, 4.69) is 15.1 Å². The maximum atomic E-state index is 11.7. The Bertz CT molecular complexity index is 800. The summed E-state index contributed by atoms with van der Waals surface area (Å²) >= 11 is 1.40. The fourth-order valence-corrected chi connectivity index (χ4v) is 2.89. The first-order valence-corrected chi connectivity index (χ1v) is 7.72. The fraction of sp³-hybridized carbons (Fsp3) is 0.200. The lowest BCUT2D eigenvalue weighted by atomic mass is 10.3. The average Bonchev–Trinajstić information content (AvgIpc) is 2.97. The van der Waals surface area contributed by atoms with Crippen molar-refractivity contribution >= 4 is 28.7 Å². The smallest absolute Gasteiger partial charge is 0.232 e. The minimum Gasteiger partial charge on any atom is -0.348 e. The second-order valence-electron chi connectivity index (χ2n) is 4.88. The Morgan fingerprint density at radius 3 is 2.73 bits per heavy atom. The molecule has 112 valence electrons. The Labute approximate surface area is 132 Å². The highest BCUT2D eigenvalue weighted by Crippen LogP contribution is 2.25. The lowest BCUT2D eigenvalue weighted by Crippen LogP contribution is -2.23. The number of carbonyl (C=O) groups excluding carboxylic acids is 1. The third-order valence-corrected chi connectivity index (χ3v) is 4.15. The number of hydrogen-bond donors (Lipinski definition) is 0. The first-order valence-electron chi connectivity index (χ1n) is 6.74. The normalized spacial score (nSPS) is 10.8. The number of hydrogen-bond acceptors (Lipinski definition) is 5. The molecule has 0 radical (unpaired) electrons. The van der Waals surface area contributed by atoms with Crippen molar-refractivity contribution in [3.8, 4) is 5.69 Å². The van der Waals surface area contributed by atoms with Gasteiger partial charge < -0.3 is 4.90 Å². The molecule has 3 aromatic rings. The van der Waals surface area contributed by atoms with Gasteiger partial charge in [0.2, 0.25) is 5.91 Å². The molecule has 0 bridgehead atoms. The van der Waals surface area contributed by atoms with E-state index in [0.717, 1.165) is 21.7 Å². The van der Waals surface area contributed by atoms with Gasteiger partial charge >= 0.3 is 0 Å². The number of rotatable bonds is 4. The van der Waals surface area contributed by atoms with Gasteiger partial charge in [-0.2, -0.15) is 5.10 Å². The monoisotopic (exact) mass is 313 g/mol. The van der Waals surface area contributed by atoms with Crippen molar-refractivity contribution in [2.75, 3.05) is 19.8 Å². The molecule has 0 unspecified atom stereocenters. The second-order valence-corrected chi connectivity index (χ2v) is 5.85. The molecular formula is C15H15N5OS.